The fraction of sp³-hybridized carbons (Fsp3) is 0.667. The van der Waals surface area contributed by atoms with Crippen molar-refractivity contribution >= 4 is 5.78 Å². The minimum absolute atomic E-state index is 0.0408. The SMILES string of the molecule is CCCOCC(=O)C1=CCCO1. The summed E-state index contributed by atoms with van der Waals surface area (Å²) in [7, 11) is 0. The van der Waals surface area contributed by atoms with Gasteiger partial charge in [0.05, 0.1) is 6.61 Å². The number of ketones is 1. The van der Waals surface area contributed by atoms with Crippen LogP contribution in [0.1, 0.15) is 19.8 Å². The minimum atomic E-state index is -0.0408. The van der Waals surface area contributed by atoms with Gasteiger partial charge in [-0.1, -0.05) is 6.92 Å². The van der Waals surface area contributed by atoms with Crippen LogP contribution in [0.25, 0.3) is 0 Å². The van der Waals surface area contributed by atoms with Crippen LogP contribution in [0.4, 0.5) is 0 Å². The lowest BCUT2D eigenvalue weighted by molar-refractivity contribution is -0.122. The van der Waals surface area contributed by atoms with Crippen molar-refractivity contribution in [2.75, 3.05) is 19.8 Å². The van der Waals surface area contributed by atoms with Gasteiger partial charge in [0.2, 0.25) is 5.78 Å². The fourth-order valence-corrected chi connectivity index (χ4v) is 0.992. The summed E-state index contributed by atoms with van der Waals surface area (Å²) >= 11 is 0. The molecule has 0 spiro atoms. The quantitative estimate of drug-likeness (QED) is 0.583. The molecule has 1 heterocycles. The second-order valence-corrected chi connectivity index (χ2v) is 2.68. The first-order valence-corrected chi connectivity index (χ1v) is 4.28. The van der Waals surface area contributed by atoms with Crippen LogP contribution in [-0.4, -0.2) is 25.6 Å². The molecule has 0 aromatic heterocycles. The lowest BCUT2D eigenvalue weighted by Crippen LogP contribution is -2.12. The predicted octanol–water partition coefficient (Wildman–Crippen LogP) is 1.29. The fourth-order valence-electron chi connectivity index (χ4n) is 0.992. The zero-order valence-electron chi connectivity index (χ0n) is 7.34. The number of hydrogen-bond acceptors (Lipinski definition) is 3. The molecule has 12 heavy (non-hydrogen) atoms. The lowest BCUT2D eigenvalue weighted by Gasteiger charge is -2.02. The summed E-state index contributed by atoms with van der Waals surface area (Å²) in [6.45, 7) is 3.43. The monoisotopic (exact) mass is 170 g/mol. The second-order valence-electron chi connectivity index (χ2n) is 2.68. The number of Topliss-reactive ketones (excluding diaryl/α,β-unsaturated/α-hetero) is 1. The Balaban J connectivity index is 2.19. The van der Waals surface area contributed by atoms with Crippen molar-refractivity contribution in [3.8, 4) is 0 Å². The van der Waals surface area contributed by atoms with Crippen LogP contribution >= 0.6 is 0 Å². The molecule has 0 unspecified atom stereocenters. The number of hydrogen-bond donors (Lipinski definition) is 0. The van der Waals surface area contributed by atoms with Crippen LogP contribution in [0.5, 0.6) is 0 Å². The van der Waals surface area contributed by atoms with Crippen LogP contribution in [0, 0.1) is 0 Å². The maximum absolute atomic E-state index is 11.2. The Hall–Kier alpha value is -0.830. The molecule has 0 aromatic carbocycles. The Bertz CT molecular complexity index is 184. The molecule has 1 rings (SSSR count). The van der Waals surface area contributed by atoms with E-state index in [4.69, 9.17) is 9.47 Å². The molecule has 0 radical (unpaired) electrons. The maximum atomic E-state index is 11.2. The molecule has 0 atom stereocenters. The highest BCUT2D eigenvalue weighted by Crippen LogP contribution is 2.09. The molecule has 3 heteroatoms. The van der Waals surface area contributed by atoms with E-state index in [0.29, 0.717) is 19.0 Å². The molecule has 0 bridgehead atoms. The van der Waals surface area contributed by atoms with E-state index in [9.17, 15) is 4.79 Å². The van der Waals surface area contributed by atoms with Crippen LogP contribution in [0.2, 0.25) is 0 Å². The highest BCUT2D eigenvalue weighted by atomic mass is 16.5. The molecule has 0 saturated carbocycles. The number of carbonyl (C=O) groups is 1. The van der Waals surface area contributed by atoms with Crippen molar-refractivity contribution in [1.82, 2.24) is 0 Å². The minimum Gasteiger partial charge on any atom is -0.490 e. The van der Waals surface area contributed by atoms with Gasteiger partial charge >= 0.3 is 0 Å². The van der Waals surface area contributed by atoms with Crippen LogP contribution < -0.4 is 0 Å². The average molecular weight is 170 g/mol. The van der Waals surface area contributed by atoms with E-state index in [1.807, 2.05) is 13.0 Å². The summed E-state index contributed by atoms with van der Waals surface area (Å²) in [5.41, 5.74) is 0. The zero-order valence-corrected chi connectivity index (χ0v) is 7.34. The molecular weight excluding hydrogens is 156 g/mol. The summed E-state index contributed by atoms with van der Waals surface area (Å²) < 4.78 is 10.2. The van der Waals surface area contributed by atoms with E-state index in [1.165, 1.54) is 0 Å². The third-order valence-electron chi connectivity index (χ3n) is 1.56. The van der Waals surface area contributed by atoms with E-state index in [-0.39, 0.29) is 12.4 Å². The van der Waals surface area contributed by atoms with Crippen molar-refractivity contribution in [2.45, 2.75) is 19.8 Å². The molecule has 0 aromatic rings. The normalized spacial score (nSPS) is 15.6. The Morgan fingerprint density at radius 1 is 1.75 bits per heavy atom. The Morgan fingerprint density at radius 2 is 2.58 bits per heavy atom. The number of carbonyl (C=O) groups excluding carboxylic acids is 1. The zero-order chi connectivity index (χ0) is 8.81. The third kappa shape index (κ3) is 2.66. The number of rotatable bonds is 5. The van der Waals surface area contributed by atoms with Gasteiger partial charge in [0.25, 0.3) is 0 Å². The Kier molecular flexibility index (Phi) is 3.80. The largest absolute Gasteiger partial charge is 0.490 e. The van der Waals surface area contributed by atoms with Gasteiger partial charge in [0.1, 0.15) is 6.61 Å². The lowest BCUT2D eigenvalue weighted by atomic mass is 10.3. The standard InChI is InChI=1S/C9H14O3/c1-2-5-11-7-8(10)9-4-3-6-12-9/h4H,2-3,5-7H2,1H3. The molecular formula is C9H14O3. The highest BCUT2D eigenvalue weighted by molar-refractivity contribution is 5.94. The van der Waals surface area contributed by atoms with E-state index in [0.717, 1.165) is 12.8 Å². The first-order valence-electron chi connectivity index (χ1n) is 4.28. The summed E-state index contributed by atoms with van der Waals surface area (Å²) in [6, 6.07) is 0. The van der Waals surface area contributed by atoms with Crippen molar-refractivity contribution in [3.05, 3.63) is 11.8 Å². The Morgan fingerprint density at radius 3 is 3.17 bits per heavy atom. The molecule has 0 N–H and O–H groups in total. The number of ether oxygens (including phenoxy) is 2. The smallest absolute Gasteiger partial charge is 0.222 e. The van der Waals surface area contributed by atoms with Gasteiger partial charge < -0.3 is 9.47 Å². The van der Waals surface area contributed by atoms with Gasteiger partial charge in [-0.3, -0.25) is 4.79 Å². The van der Waals surface area contributed by atoms with Crippen molar-refractivity contribution in [3.63, 3.8) is 0 Å². The average Bonchev–Trinajstić information content (AvgIpc) is 2.56. The van der Waals surface area contributed by atoms with Crippen molar-refractivity contribution in [2.24, 2.45) is 0 Å². The van der Waals surface area contributed by atoms with E-state index in [2.05, 4.69) is 0 Å². The van der Waals surface area contributed by atoms with Crippen molar-refractivity contribution < 1.29 is 14.3 Å². The summed E-state index contributed by atoms with van der Waals surface area (Å²) in [4.78, 5) is 11.2. The van der Waals surface area contributed by atoms with E-state index >= 15 is 0 Å². The van der Waals surface area contributed by atoms with E-state index < -0.39 is 0 Å². The van der Waals surface area contributed by atoms with Gasteiger partial charge in [-0.05, 0) is 12.5 Å². The van der Waals surface area contributed by atoms with Crippen LogP contribution in [0.3, 0.4) is 0 Å². The van der Waals surface area contributed by atoms with E-state index in [1.54, 1.807) is 0 Å². The highest BCUT2D eigenvalue weighted by Gasteiger charge is 2.14. The van der Waals surface area contributed by atoms with Crippen LogP contribution in [0.15, 0.2) is 11.8 Å². The molecule has 1 aliphatic heterocycles. The topological polar surface area (TPSA) is 35.5 Å². The predicted molar refractivity (Wildman–Crippen MR) is 44.8 cm³/mol. The first kappa shape index (κ1) is 9.26. The summed E-state index contributed by atoms with van der Waals surface area (Å²) in [5.74, 6) is 0.437. The molecule has 68 valence electrons. The molecule has 0 aliphatic carbocycles. The summed E-state index contributed by atoms with van der Waals surface area (Å²) in [5, 5.41) is 0. The molecule has 0 fully saturated rings. The van der Waals surface area contributed by atoms with Gasteiger partial charge in [0, 0.05) is 13.0 Å². The molecule has 0 saturated heterocycles. The molecule has 3 nitrogen and oxygen atoms in total. The van der Waals surface area contributed by atoms with Gasteiger partial charge in [-0.25, -0.2) is 0 Å². The van der Waals surface area contributed by atoms with Gasteiger partial charge in [-0.2, -0.15) is 0 Å². The van der Waals surface area contributed by atoms with Crippen LogP contribution in [-0.2, 0) is 14.3 Å². The first-order chi connectivity index (χ1) is 5.84. The van der Waals surface area contributed by atoms with Gasteiger partial charge in [0.15, 0.2) is 5.76 Å². The maximum Gasteiger partial charge on any atom is 0.222 e. The summed E-state index contributed by atoms with van der Waals surface area (Å²) in [6.07, 6.45) is 3.60. The second kappa shape index (κ2) is 4.93. The van der Waals surface area contributed by atoms with Crippen molar-refractivity contribution in [1.29, 1.82) is 0 Å². The van der Waals surface area contributed by atoms with Gasteiger partial charge in [-0.15, -0.1) is 0 Å². The molecule has 1 aliphatic rings. The third-order valence-corrected chi connectivity index (χ3v) is 1.56. The Labute approximate surface area is 72.4 Å². The molecule has 0 amide bonds.